The first-order valence-corrected chi connectivity index (χ1v) is 10.4. The molecule has 0 atom stereocenters. The van der Waals surface area contributed by atoms with Crippen LogP contribution in [0.4, 0.5) is 0 Å². The molecule has 1 N–H and O–H groups in total. The highest BCUT2D eigenvalue weighted by molar-refractivity contribution is 8.13. The van der Waals surface area contributed by atoms with Crippen LogP contribution in [0.1, 0.15) is 23.8 Å². The quantitative estimate of drug-likeness (QED) is 0.385. The fraction of sp³-hybridized carbons (Fsp3) is 0.312. The number of allylic oxidation sites excluding steroid dienone is 1. The number of thioether (sulfide) groups is 1. The Bertz CT molecular complexity index is 772. The van der Waals surface area contributed by atoms with Crippen molar-refractivity contribution in [1.29, 1.82) is 0 Å². The number of amides is 1. The van der Waals surface area contributed by atoms with Gasteiger partial charge in [-0.2, -0.15) is 0 Å². The van der Waals surface area contributed by atoms with E-state index in [2.05, 4.69) is 15.3 Å². The SMILES string of the molecule is CC(=O)SCCC=CCOC(=O)CNC(=O)c1csc(-c2cscn2)n1. The van der Waals surface area contributed by atoms with Crippen molar-refractivity contribution in [1.82, 2.24) is 15.3 Å². The molecule has 2 aromatic rings. The van der Waals surface area contributed by atoms with Crippen molar-refractivity contribution in [2.24, 2.45) is 0 Å². The van der Waals surface area contributed by atoms with Gasteiger partial charge in [0.15, 0.2) is 5.12 Å². The smallest absolute Gasteiger partial charge is 0.325 e. The molecule has 0 aliphatic carbocycles. The molecule has 0 radical (unpaired) electrons. The summed E-state index contributed by atoms with van der Waals surface area (Å²) in [7, 11) is 0. The van der Waals surface area contributed by atoms with Gasteiger partial charge in [0.2, 0.25) is 0 Å². The van der Waals surface area contributed by atoms with E-state index in [1.807, 2.05) is 11.5 Å². The van der Waals surface area contributed by atoms with Crippen molar-refractivity contribution in [3.63, 3.8) is 0 Å². The summed E-state index contributed by atoms with van der Waals surface area (Å²) < 4.78 is 4.98. The van der Waals surface area contributed by atoms with E-state index in [-0.39, 0.29) is 24.0 Å². The molecule has 2 heterocycles. The Hall–Kier alpha value is -2.04. The van der Waals surface area contributed by atoms with Gasteiger partial charge in [-0.05, 0) is 6.42 Å². The lowest BCUT2D eigenvalue weighted by atomic mass is 10.4. The molecule has 26 heavy (non-hydrogen) atoms. The largest absolute Gasteiger partial charge is 0.460 e. The van der Waals surface area contributed by atoms with E-state index in [4.69, 9.17) is 4.74 Å². The van der Waals surface area contributed by atoms with Crippen molar-refractivity contribution < 1.29 is 19.1 Å². The van der Waals surface area contributed by atoms with Crippen LogP contribution < -0.4 is 5.32 Å². The Labute approximate surface area is 162 Å². The van der Waals surface area contributed by atoms with Crippen LogP contribution in [-0.4, -0.2) is 45.9 Å². The summed E-state index contributed by atoms with van der Waals surface area (Å²) in [6.45, 7) is 1.43. The third-order valence-corrected chi connectivity index (χ3v) is 5.18. The number of carbonyl (C=O) groups is 3. The Balaban J connectivity index is 1.65. The van der Waals surface area contributed by atoms with E-state index in [9.17, 15) is 14.4 Å². The van der Waals surface area contributed by atoms with Crippen molar-refractivity contribution in [3.8, 4) is 10.7 Å². The van der Waals surface area contributed by atoms with E-state index < -0.39 is 11.9 Å². The maximum absolute atomic E-state index is 12.0. The molecule has 0 saturated carbocycles. The normalized spacial score (nSPS) is 10.8. The van der Waals surface area contributed by atoms with E-state index >= 15 is 0 Å². The first-order chi connectivity index (χ1) is 12.6. The molecule has 0 unspecified atom stereocenters. The van der Waals surface area contributed by atoms with Gasteiger partial charge in [-0.3, -0.25) is 14.4 Å². The second kappa shape index (κ2) is 10.8. The number of rotatable bonds is 9. The average molecular weight is 412 g/mol. The minimum Gasteiger partial charge on any atom is -0.460 e. The second-order valence-corrected chi connectivity index (χ2v) is 7.73. The molecular formula is C16H17N3O4S3. The van der Waals surface area contributed by atoms with Crippen LogP contribution in [0.25, 0.3) is 10.7 Å². The maximum atomic E-state index is 12.0. The summed E-state index contributed by atoms with van der Waals surface area (Å²) in [6.07, 6.45) is 4.28. The number of nitrogens with zero attached hydrogens (tertiary/aromatic N) is 2. The van der Waals surface area contributed by atoms with Crippen LogP contribution in [0, 0.1) is 0 Å². The van der Waals surface area contributed by atoms with Crippen molar-refractivity contribution in [2.45, 2.75) is 13.3 Å². The predicted octanol–water partition coefficient (Wildman–Crippen LogP) is 2.77. The number of ether oxygens (including phenoxy) is 1. The van der Waals surface area contributed by atoms with Gasteiger partial charge >= 0.3 is 5.97 Å². The molecule has 1 amide bonds. The van der Waals surface area contributed by atoms with Gasteiger partial charge in [-0.15, -0.1) is 22.7 Å². The highest BCUT2D eigenvalue weighted by Crippen LogP contribution is 2.23. The third-order valence-electron chi connectivity index (χ3n) is 2.88. The van der Waals surface area contributed by atoms with Gasteiger partial charge in [-0.1, -0.05) is 23.9 Å². The molecular weight excluding hydrogens is 394 g/mol. The van der Waals surface area contributed by atoms with E-state index in [1.165, 1.54) is 41.4 Å². The van der Waals surface area contributed by atoms with Crippen LogP contribution in [0.2, 0.25) is 0 Å². The van der Waals surface area contributed by atoms with Gasteiger partial charge in [0.25, 0.3) is 5.91 Å². The minimum atomic E-state index is -0.531. The fourth-order valence-corrected chi connectivity index (χ4v) is 3.62. The second-order valence-electron chi connectivity index (χ2n) is 4.88. The minimum absolute atomic E-state index is 0.0828. The molecule has 0 saturated heterocycles. The zero-order valence-corrected chi connectivity index (χ0v) is 16.4. The Morgan fingerprint density at radius 2 is 2.15 bits per heavy atom. The fourth-order valence-electron chi connectivity index (χ4n) is 1.71. The molecule has 0 fully saturated rings. The number of nitrogens with one attached hydrogen (secondary N) is 1. The number of aromatic nitrogens is 2. The topological polar surface area (TPSA) is 98.2 Å². The molecule has 0 spiro atoms. The van der Waals surface area contributed by atoms with Crippen LogP contribution in [-0.2, 0) is 14.3 Å². The molecule has 0 aliphatic heterocycles. The van der Waals surface area contributed by atoms with Crippen molar-refractivity contribution in [2.75, 3.05) is 18.9 Å². The summed E-state index contributed by atoms with van der Waals surface area (Å²) in [5, 5.41) is 6.69. The summed E-state index contributed by atoms with van der Waals surface area (Å²) >= 11 is 4.02. The van der Waals surface area contributed by atoms with E-state index in [0.717, 1.165) is 12.1 Å². The van der Waals surface area contributed by atoms with Gasteiger partial charge in [0.1, 0.15) is 29.5 Å². The van der Waals surface area contributed by atoms with Gasteiger partial charge in [0.05, 0.1) is 5.51 Å². The number of hydrogen-bond acceptors (Lipinski definition) is 9. The molecule has 7 nitrogen and oxygen atoms in total. The maximum Gasteiger partial charge on any atom is 0.325 e. The van der Waals surface area contributed by atoms with Gasteiger partial charge in [-0.25, -0.2) is 9.97 Å². The molecule has 0 aromatic carbocycles. The zero-order chi connectivity index (χ0) is 18.8. The molecule has 10 heteroatoms. The molecule has 2 aromatic heterocycles. The van der Waals surface area contributed by atoms with Crippen molar-refractivity contribution >= 4 is 51.4 Å². The van der Waals surface area contributed by atoms with Gasteiger partial charge in [0, 0.05) is 23.4 Å². The van der Waals surface area contributed by atoms with E-state index in [0.29, 0.717) is 10.8 Å². The summed E-state index contributed by atoms with van der Waals surface area (Å²) in [5.41, 5.74) is 2.67. The number of esters is 1. The average Bonchev–Trinajstić information content (AvgIpc) is 3.29. The Morgan fingerprint density at radius 3 is 2.88 bits per heavy atom. The lowest BCUT2D eigenvalue weighted by Gasteiger charge is -2.03. The Morgan fingerprint density at radius 1 is 1.31 bits per heavy atom. The number of carbonyl (C=O) groups excluding carboxylic acids is 3. The first kappa shape index (κ1) is 20.3. The van der Waals surface area contributed by atoms with Crippen LogP contribution >= 0.6 is 34.4 Å². The standard InChI is InChI=1S/C16H17N3O4S3/c1-11(20)25-6-4-2-3-5-23-14(21)7-17-15(22)12-9-26-16(19-12)13-8-24-10-18-13/h2-3,8-10H,4-7H2,1H3,(H,17,22). The summed E-state index contributed by atoms with van der Waals surface area (Å²) in [6, 6.07) is 0. The molecule has 0 bridgehead atoms. The lowest BCUT2D eigenvalue weighted by molar-refractivity contribution is -0.141. The Kier molecular flexibility index (Phi) is 8.45. The molecule has 2 rings (SSSR count). The summed E-state index contributed by atoms with van der Waals surface area (Å²) in [4.78, 5) is 42.7. The third kappa shape index (κ3) is 7.06. The zero-order valence-electron chi connectivity index (χ0n) is 14.0. The molecule has 0 aliphatic rings. The number of thiazole rings is 2. The van der Waals surface area contributed by atoms with E-state index in [1.54, 1.807) is 17.0 Å². The van der Waals surface area contributed by atoms with Crippen LogP contribution in [0.3, 0.4) is 0 Å². The highest BCUT2D eigenvalue weighted by Gasteiger charge is 2.14. The highest BCUT2D eigenvalue weighted by atomic mass is 32.2. The first-order valence-electron chi connectivity index (χ1n) is 7.62. The molecule has 138 valence electrons. The van der Waals surface area contributed by atoms with Crippen molar-refractivity contribution in [3.05, 3.63) is 34.1 Å². The predicted molar refractivity (Wildman–Crippen MR) is 103 cm³/mol. The van der Waals surface area contributed by atoms with Crippen LogP contribution in [0.15, 0.2) is 28.4 Å². The van der Waals surface area contributed by atoms with Crippen LogP contribution in [0.5, 0.6) is 0 Å². The number of hydrogen-bond donors (Lipinski definition) is 1. The lowest BCUT2D eigenvalue weighted by Crippen LogP contribution is -2.30. The van der Waals surface area contributed by atoms with Gasteiger partial charge < -0.3 is 10.1 Å². The monoisotopic (exact) mass is 411 g/mol. The summed E-state index contributed by atoms with van der Waals surface area (Å²) in [5.74, 6) is -0.264.